The number of amides is 1. The highest BCUT2D eigenvalue weighted by Gasteiger charge is 2.15. The number of nitrogens with zero attached hydrogens (tertiary/aromatic N) is 3. The Kier molecular flexibility index (Phi) is 24.6. The lowest BCUT2D eigenvalue weighted by Gasteiger charge is -2.13. The third-order valence-electron chi connectivity index (χ3n) is 6.49. The number of nitrogens with one attached hydrogen (secondary N) is 3. The maximum absolute atomic E-state index is 11.9. The van der Waals surface area contributed by atoms with Gasteiger partial charge in [-0.2, -0.15) is 0 Å². The maximum atomic E-state index is 11.9. The molecule has 17 heteroatoms. The van der Waals surface area contributed by atoms with Crippen molar-refractivity contribution in [3.8, 4) is 0 Å². The van der Waals surface area contributed by atoms with Gasteiger partial charge in [-0.25, -0.2) is 0 Å². The number of rotatable bonds is 8. The number of carbonyl (C=O) groups is 2. The monoisotopic (exact) mass is 840 g/mol. The lowest BCUT2D eigenvalue weighted by molar-refractivity contribution is -0.288. The topological polar surface area (TPSA) is 134 Å². The molecule has 1 fully saturated rings. The summed E-state index contributed by atoms with van der Waals surface area (Å²) in [6.45, 7) is 12.1. The summed E-state index contributed by atoms with van der Waals surface area (Å²) in [5.74, 6) is 4.66. The Morgan fingerprint density at radius 2 is 1.18 bits per heavy atom. The maximum Gasteiger partial charge on any atom is 0.272 e. The van der Waals surface area contributed by atoms with E-state index in [4.69, 9.17) is 91.8 Å². The van der Waals surface area contributed by atoms with Crippen LogP contribution in [0.5, 0.6) is 0 Å². The first-order valence-electron chi connectivity index (χ1n) is 15.5. The van der Waals surface area contributed by atoms with Crippen molar-refractivity contribution in [1.82, 2.24) is 20.3 Å². The molecule has 1 aliphatic rings. The average molecular weight is 844 g/mol. The highest BCUT2D eigenvalue weighted by Crippen LogP contribution is 2.24. The van der Waals surface area contributed by atoms with Crippen LogP contribution < -0.4 is 22.1 Å². The highest BCUT2D eigenvalue weighted by molar-refractivity contribution is 6.69. The fourth-order valence-corrected chi connectivity index (χ4v) is 5.32. The number of pyridine rings is 2. The number of aromatic nitrogens is 2. The standard InChI is InChI=1S/C12H8Cl3N3O.C6H2Cl3NO.C6H8ClN2.C6H15N.C4H8O/c13-7-1-3-8(4-2-7)17-18-12(19)11-9(14)5-16-6-10(11)15;7-3-1-10-2-4(8)5(3)6(9)11;7-5-1-3-6(9-8)4-2-5;1-4-7(5-2)6-3;1-2-4-5-3-1/h1-6,17H,(H,18,19);1-2H;1-4,7,9H,8H2;4-6H2,1-3H3;1-4H2/q;;+1;;. The van der Waals surface area contributed by atoms with Crippen LogP contribution in [-0.2, 0) is 4.74 Å². The third kappa shape index (κ3) is 19.2. The smallest absolute Gasteiger partial charge is 0.272 e. The van der Waals surface area contributed by atoms with E-state index in [0.29, 0.717) is 10.7 Å². The molecule has 5 N–H and O–H groups in total. The van der Waals surface area contributed by atoms with Crippen molar-refractivity contribution in [3.63, 3.8) is 0 Å². The van der Waals surface area contributed by atoms with Crippen molar-refractivity contribution in [1.29, 1.82) is 0 Å². The molecule has 5 rings (SSSR count). The van der Waals surface area contributed by atoms with Crippen molar-refractivity contribution < 1.29 is 25.9 Å². The third-order valence-corrected chi connectivity index (χ3v) is 8.34. The molecule has 2 aromatic heterocycles. The Morgan fingerprint density at radius 1 is 0.745 bits per heavy atom. The van der Waals surface area contributed by atoms with Gasteiger partial charge < -0.3 is 15.1 Å². The van der Waals surface area contributed by atoms with E-state index in [9.17, 15) is 9.59 Å². The molecule has 1 saturated heterocycles. The Hall–Kier alpha value is -2.61. The second kappa shape index (κ2) is 27.1. The summed E-state index contributed by atoms with van der Waals surface area (Å²) in [7, 11) is 0. The molecule has 0 bridgehead atoms. The van der Waals surface area contributed by atoms with Crippen molar-refractivity contribution >= 4 is 92.1 Å². The van der Waals surface area contributed by atoms with Gasteiger partial charge in [-0.1, -0.05) is 78.8 Å². The average Bonchev–Trinajstić information content (AvgIpc) is 3.71. The van der Waals surface area contributed by atoms with Gasteiger partial charge in [-0.3, -0.25) is 36.3 Å². The minimum atomic E-state index is -0.678. The summed E-state index contributed by atoms with van der Waals surface area (Å²) in [6.07, 6.45) is 7.88. The number of hydrazine groups is 2. The summed E-state index contributed by atoms with van der Waals surface area (Å²) >= 11 is 38.7. The number of carbonyl (C=O) groups excluding carboxylic acids is 2. The Balaban J connectivity index is 0.000000347. The predicted octanol–water partition coefficient (Wildman–Crippen LogP) is 9.38. The van der Waals surface area contributed by atoms with Crippen LogP contribution >= 0.6 is 69.6 Å². The number of halogens is 7. The Morgan fingerprint density at radius 3 is 1.51 bits per heavy atom. The zero-order valence-corrected chi connectivity index (χ0v) is 33.5. The molecule has 0 spiro atoms. The van der Waals surface area contributed by atoms with E-state index in [0.717, 1.165) is 23.9 Å². The number of hydrogen-bond donors (Lipinski definition) is 4. The second-order valence-electron chi connectivity index (χ2n) is 9.92. The summed E-state index contributed by atoms with van der Waals surface area (Å²) in [4.78, 5) is 32.4. The molecule has 0 saturated carbocycles. The summed E-state index contributed by atoms with van der Waals surface area (Å²) in [6, 6.07) is 14.2. The van der Waals surface area contributed by atoms with E-state index in [1.165, 1.54) is 57.3 Å². The van der Waals surface area contributed by atoms with Gasteiger partial charge in [0, 0.05) is 60.8 Å². The molecule has 3 heterocycles. The summed E-state index contributed by atoms with van der Waals surface area (Å²) < 4.78 is 4.94. The number of nitrogens with two attached hydrogens (primary N) is 1. The van der Waals surface area contributed by atoms with Crippen molar-refractivity contribution in [2.75, 3.05) is 43.7 Å². The SMILES string of the molecule is C1CCOC1.CCN(CC)CC.NNc1ccc([ClH+])cc1.O=C(Cl)c1c(Cl)cncc1Cl.O=C(NNc1ccc(Cl)cc1)c1c(Cl)cncc1Cl. The first-order chi connectivity index (χ1) is 24.4. The van der Waals surface area contributed by atoms with Gasteiger partial charge in [0.1, 0.15) is 0 Å². The van der Waals surface area contributed by atoms with Crippen LogP contribution in [0, 0.1) is 11.6 Å². The van der Waals surface area contributed by atoms with Crippen LogP contribution in [0.15, 0.2) is 73.3 Å². The van der Waals surface area contributed by atoms with Gasteiger partial charge >= 0.3 is 0 Å². The van der Waals surface area contributed by atoms with Crippen LogP contribution in [-0.4, -0.2) is 58.9 Å². The number of anilines is 2. The number of hydrogen-bond acceptors (Lipinski definition) is 9. The van der Waals surface area contributed by atoms with Gasteiger partial charge in [-0.15, -0.1) is 0 Å². The van der Waals surface area contributed by atoms with E-state index in [1.54, 1.807) is 24.3 Å². The quantitative estimate of drug-likeness (QED) is 0.0778. The molecular weight excluding hydrogens is 803 g/mol. The fourth-order valence-electron chi connectivity index (χ4n) is 3.68. The van der Waals surface area contributed by atoms with E-state index < -0.39 is 11.1 Å². The van der Waals surface area contributed by atoms with Crippen molar-refractivity contribution in [2.24, 2.45) is 5.84 Å². The Labute approximate surface area is 334 Å². The lowest BCUT2D eigenvalue weighted by Crippen LogP contribution is -2.29. The van der Waals surface area contributed by atoms with Crippen LogP contribution in [0.2, 0.25) is 30.1 Å². The molecule has 1 aliphatic heterocycles. The lowest BCUT2D eigenvalue weighted by atomic mass is 10.2. The zero-order valence-electron chi connectivity index (χ0n) is 28.2. The molecule has 278 valence electrons. The molecule has 2 aromatic carbocycles. The fraction of sp³-hybridized carbons (Fsp3) is 0.294. The van der Waals surface area contributed by atoms with Crippen LogP contribution in [0.4, 0.5) is 11.4 Å². The molecule has 1 amide bonds. The largest absolute Gasteiger partial charge is 0.381 e. The molecule has 0 radical (unpaired) electrons. The van der Waals surface area contributed by atoms with E-state index in [2.05, 4.69) is 51.9 Å². The molecule has 0 unspecified atom stereocenters. The van der Waals surface area contributed by atoms with Crippen molar-refractivity contribution in [2.45, 2.75) is 33.6 Å². The predicted molar refractivity (Wildman–Crippen MR) is 210 cm³/mol. The summed E-state index contributed by atoms with van der Waals surface area (Å²) in [5, 5.41) is 1.45. The Bertz CT molecular complexity index is 1540. The number of ether oxygens (including phenoxy) is 1. The van der Waals surface area contributed by atoms with Gasteiger partial charge in [0.2, 0.25) is 5.02 Å². The normalized spacial score (nSPS) is 11.2. The van der Waals surface area contributed by atoms with Gasteiger partial charge in [-0.05, 0) is 80.5 Å². The van der Waals surface area contributed by atoms with Gasteiger partial charge in [0.15, 0.2) is 11.6 Å². The summed E-state index contributed by atoms with van der Waals surface area (Å²) in [5.41, 5.74) is 9.55. The molecule has 4 aromatic rings. The number of nitrogen functional groups attached to an aromatic ring is 1. The highest BCUT2D eigenvalue weighted by atomic mass is 35.5. The van der Waals surface area contributed by atoms with Gasteiger partial charge in [0.25, 0.3) is 11.1 Å². The molecule has 51 heavy (non-hydrogen) atoms. The van der Waals surface area contributed by atoms with Crippen LogP contribution in [0.3, 0.4) is 0 Å². The molecule has 10 nitrogen and oxygen atoms in total. The second-order valence-corrected chi connectivity index (χ2v) is 12.8. The van der Waals surface area contributed by atoms with Gasteiger partial charge in [0.05, 0.1) is 36.9 Å². The first-order valence-corrected chi connectivity index (χ1v) is 18.2. The first kappa shape index (κ1) is 46.4. The molecular formula is C34H41Cl7N7O3+. The van der Waals surface area contributed by atoms with E-state index in [-0.39, 0.29) is 31.2 Å². The van der Waals surface area contributed by atoms with E-state index >= 15 is 0 Å². The number of benzene rings is 2. The zero-order chi connectivity index (χ0) is 38.2. The minimum absolute atomic E-state index is 0.102. The van der Waals surface area contributed by atoms with Crippen LogP contribution in [0.1, 0.15) is 54.3 Å². The molecule has 0 aliphatic carbocycles. The molecule has 0 atom stereocenters. The van der Waals surface area contributed by atoms with Crippen molar-refractivity contribution in [3.05, 3.63) is 115 Å². The van der Waals surface area contributed by atoms with Crippen LogP contribution in [0.25, 0.3) is 0 Å². The minimum Gasteiger partial charge on any atom is -0.381 e. The van der Waals surface area contributed by atoms with E-state index in [1.807, 2.05) is 24.3 Å².